The van der Waals surface area contributed by atoms with E-state index in [1.54, 1.807) is 29.1 Å². The minimum atomic E-state index is -0.200. The van der Waals surface area contributed by atoms with Gasteiger partial charge in [-0.1, -0.05) is 6.07 Å². The fraction of sp³-hybridized carbons (Fsp3) is 0.286. The number of carbonyl (C=O) groups excluding carboxylic acids is 1. The van der Waals surface area contributed by atoms with E-state index in [4.69, 9.17) is 9.47 Å². The molecule has 0 aliphatic carbocycles. The van der Waals surface area contributed by atoms with E-state index in [0.29, 0.717) is 36.8 Å². The zero-order valence-corrected chi connectivity index (χ0v) is 16.3. The van der Waals surface area contributed by atoms with Crippen LogP contribution >= 0.6 is 0 Å². The van der Waals surface area contributed by atoms with E-state index in [-0.39, 0.29) is 5.91 Å². The molecule has 3 aromatic rings. The van der Waals surface area contributed by atoms with Crippen LogP contribution in [0.25, 0.3) is 11.4 Å². The smallest absolute Gasteiger partial charge is 0.251 e. The summed E-state index contributed by atoms with van der Waals surface area (Å²) >= 11 is 0. The van der Waals surface area contributed by atoms with E-state index in [1.807, 2.05) is 45.2 Å². The normalized spacial score (nSPS) is 10.5. The molecule has 1 N–H and O–H groups in total. The van der Waals surface area contributed by atoms with Gasteiger partial charge in [0.15, 0.2) is 11.5 Å². The molecule has 0 spiro atoms. The van der Waals surface area contributed by atoms with Gasteiger partial charge in [-0.3, -0.25) is 14.5 Å². The van der Waals surface area contributed by atoms with Crippen molar-refractivity contribution in [2.45, 2.75) is 20.4 Å². The Hall–Kier alpha value is -3.35. The summed E-state index contributed by atoms with van der Waals surface area (Å²) in [6, 6.07) is 12.8. The molecule has 0 radical (unpaired) electrons. The zero-order valence-electron chi connectivity index (χ0n) is 16.3. The molecule has 2 aromatic heterocycles. The van der Waals surface area contributed by atoms with Crippen LogP contribution in [-0.2, 0) is 13.6 Å². The number of hydrogen-bond acceptors (Lipinski definition) is 5. The third kappa shape index (κ3) is 4.49. The summed E-state index contributed by atoms with van der Waals surface area (Å²) in [6.07, 6.45) is 1.74. The van der Waals surface area contributed by atoms with Crippen molar-refractivity contribution in [3.63, 3.8) is 0 Å². The van der Waals surface area contributed by atoms with Gasteiger partial charge in [-0.15, -0.1) is 0 Å². The van der Waals surface area contributed by atoms with Crippen molar-refractivity contribution in [2.75, 3.05) is 13.2 Å². The number of carbonyl (C=O) groups is 1. The van der Waals surface area contributed by atoms with Crippen LogP contribution in [0.4, 0.5) is 0 Å². The average molecular weight is 380 g/mol. The van der Waals surface area contributed by atoms with Crippen molar-refractivity contribution >= 4 is 5.91 Å². The number of ether oxygens (including phenoxy) is 2. The first kappa shape index (κ1) is 19.4. The molecule has 146 valence electrons. The molecule has 0 bridgehead atoms. The highest BCUT2D eigenvalue weighted by Crippen LogP contribution is 2.28. The molecule has 1 amide bonds. The summed E-state index contributed by atoms with van der Waals surface area (Å²) in [5, 5.41) is 7.35. The van der Waals surface area contributed by atoms with Crippen molar-refractivity contribution < 1.29 is 14.3 Å². The summed E-state index contributed by atoms with van der Waals surface area (Å²) in [7, 11) is 1.86. The maximum absolute atomic E-state index is 12.6. The minimum absolute atomic E-state index is 0.200. The first-order chi connectivity index (χ1) is 13.6. The van der Waals surface area contributed by atoms with Gasteiger partial charge in [-0.25, -0.2) is 0 Å². The first-order valence-corrected chi connectivity index (χ1v) is 9.24. The third-order valence-electron chi connectivity index (χ3n) is 4.09. The molecule has 7 heteroatoms. The Labute approximate surface area is 164 Å². The monoisotopic (exact) mass is 380 g/mol. The summed E-state index contributed by atoms with van der Waals surface area (Å²) in [5.74, 6) is 0.993. The second kappa shape index (κ2) is 9.03. The molecular formula is C21H24N4O3. The largest absolute Gasteiger partial charge is 0.490 e. The maximum Gasteiger partial charge on any atom is 0.251 e. The van der Waals surface area contributed by atoms with Crippen LogP contribution in [0, 0.1) is 0 Å². The van der Waals surface area contributed by atoms with Crippen molar-refractivity contribution in [1.82, 2.24) is 20.1 Å². The summed E-state index contributed by atoms with van der Waals surface area (Å²) in [5.41, 5.74) is 2.99. The molecule has 0 atom stereocenters. The number of nitrogens with one attached hydrogen (secondary N) is 1. The molecule has 28 heavy (non-hydrogen) atoms. The van der Waals surface area contributed by atoms with Crippen molar-refractivity contribution in [3.05, 3.63) is 59.9 Å². The molecule has 0 aliphatic rings. The number of nitrogens with zero attached hydrogens (tertiary/aromatic N) is 3. The Bertz CT molecular complexity index is 938. The SMILES string of the molecule is CCOc1ccc(C(=O)NCc2cc(-c3ccccn3)n(C)n2)cc1OCC. The Morgan fingerprint density at radius 1 is 1.07 bits per heavy atom. The molecule has 0 saturated heterocycles. The van der Waals surface area contributed by atoms with E-state index >= 15 is 0 Å². The van der Waals surface area contributed by atoms with E-state index in [9.17, 15) is 4.79 Å². The predicted molar refractivity (Wildman–Crippen MR) is 106 cm³/mol. The van der Waals surface area contributed by atoms with Gasteiger partial charge in [0.2, 0.25) is 0 Å². The number of aryl methyl sites for hydroxylation is 1. The lowest BCUT2D eigenvalue weighted by Gasteiger charge is -2.12. The number of rotatable bonds is 8. The molecule has 7 nitrogen and oxygen atoms in total. The van der Waals surface area contributed by atoms with Gasteiger partial charge in [0.05, 0.1) is 36.8 Å². The number of pyridine rings is 1. The highest BCUT2D eigenvalue weighted by atomic mass is 16.5. The molecule has 0 saturated carbocycles. The van der Waals surface area contributed by atoms with Crippen LogP contribution in [0.3, 0.4) is 0 Å². The predicted octanol–water partition coefficient (Wildman–Crippen LogP) is 3.21. The molecule has 3 rings (SSSR count). The van der Waals surface area contributed by atoms with Gasteiger partial charge in [0.1, 0.15) is 0 Å². The quantitative estimate of drug-likeness (QED) is 0.649. The molecule has 0 fully saturated rings. The van der Waals surface area contributed by atoms with E-state index in [2.05, 4.69) is 15.4 Å². The molecule has 2 heterocycles. The van der Waals surface area contributed by atoms with Crippen molar-refractivity contribution in [3.8, 4) is 22.9 Å². The van der Waals surface area contributed by atoms with Gasteiger partial charge >= 0.3 is 0 Å². The second-order valence-electron chi connectivity index (χ2n) is 6.07. The fourth-order valence-electron chi connectivity index (χ4n) is 2.83. The number of benzene rings is 1. The lowest BCUT2D eigenvalue weighted by atomic mass is 10.2. The topological polar surface area (TPSA) is 78.3 Å². The van der Waals surface area contributed by atoms with Gasteiger partial charge in [0.25, 0.3) is 5.91 Å². The third-order valence-corrected chi connectivity index (χ3v) is 4.09. The zero-order chi connectivity index (χ0) is 19.9. The fourth-order valence-corrected chi connectivity index (χ4v) is 2.83. The van der Waals surface area contributed by atoms with Crippen LogP contribution in [0.2, 0.25) is 0 Å². The summed E-state index contributed by atoms with van der Waals surface area (Å²) in [6.45, 7) is 5.14. The summed E-state index contributed by atoms with van der Waals surface area (Å²) in [4.78, 5) is 16.9. The number of aromatic nitrogens is 3. The van der Waals surface area contributed by atoms with Gasteiger partial charge in [-0.2, -0.15) is 5.10 Å². The number of amides is 1. The standard InChI is InChI=1S/C21H24N4O3/c1-4-27-19-10-9-15(12-20(19)28-5-2)21(26)23-14-16-13-18(25(3)24-16)17-8-6-7-11-22-17/h6-13H,4-5,14H2,1-3H3,(H,23,26). The van der Waals surface area contributed by atoms with E-state index in [0.717, 1.165) is 17.1 Å². The van der Waals surface area contributed by atoms with Gasteiger partial charge in [0, 0.05) is 18.8 Å². The summed E-state index contributed by atoms with van der Waals surface area (Å²) < 4.78 is 12.9. The van der Waals surface area contributed by atoms with Crippen LogP contribution in [0.5, 0.6) is 11.5 Å². The van der Waals surface area contributed by atoms with Crippen molar-refractivity contribution in [2.24, 2.45) is 7.05 Å². The van der Waals surface area contributed by atoms with Crippen LogP contribution in [0.1, 0.15) is 29.9 Å². The second-order valence-corrected chi connectivity index (χ2v) is 6.07. The van der Waals surface area contributed by atoms with Crippen LogP contribution in [-0.4, -0.2) is 33.9 Å². The Morgan fingerprint density at radius 2 is 1.86 bits per heavy atom. The Kier molecular flexibility index (Phi) is 6.26. The van der Waals surface area contributed by atoms with E-state index in [1.165, 1.54) is 0 Å². The van der Waals surface area contributed by atoms with E-state index < -0.39 is 0 Å². The highest BCUT2D eigenvalue weighted by Gasteiger charge is 2.13. The molecular weight excluding hydrogens is 356 g/mol. The van der Waals surface area contributed by atoms with Gasteiger partial charge in [-0.05, 0) is 50.2 Å². The maximum atomic E-state index is 12.6. The molecule has 0 aliphatic heterocycles. The van der Waals surface area contributed by atoms with Gasteiger partial charge < -0.3 is 14.8 Å². The molecule has 0 unspecified atom stereocenters. The Balaban J connectivity index is 1.70. The Morgan fingerprint density at radius 3 is 2.57 bits per heavy atom. The number of hydrogen-bond donors (Lipinski definition) is 1. The van der Waals surface area contributed by atoms with Crippen LogP contribution < -0.4 is 14.8 Å². The lowest BCUT2D eigenvalue weighted by molar-refractivity contribution is 0.0950. The highest BCUT2D eigenvalue weighted by molar-refractivity contribution is 5.94. The average Bonchev–Trinajstić information content (AvgIpc) is 3.09. The van der Waals surface area contributed by atoms with Crippen LogP contribution in [0.15, 0.2) is 48.7 Å². The lowest BCUT2D eigenvalue weighted by Crippen LogP contribution is -2.23. The molecule has 1 aromatic carbocycles. The first-order valence-electron chi connectivity index (χ1n) is 9.24. The van der Waals surface area contributed by atoms with Crippen molar-refractivity contribution in [1.29, 1.82) is 0 Å². The minimum Gasteiger partial charge on any atom is -0.490 e.